The predicted octanol–water partition coefficient (Wildman–Crippen LogP) is 2.70. The summed E-state index contributed by atoms with van der Waals surface area (Å²) < 4.78 is 0. The van der Waals surface area contributed by atoms with E-state index in [-0.39, 0.29) is 16.7 Å². The number of hydrogen-bond acceptors (Lipinski definition) is 3. The van der Waals surface area contributed by atoms with Crippen LogP contribution in [0.15, 0.2) is 29.8 Å². The van der Waals surface area contributed by atoms with Crippen molar-refractivity contribution in [2.24, 2.45) is 5.73 Å². The lowest BCUT2D eigenvalue weighted by atomic mass is 9.86. The SMILES string of the molecule is CC(C)(C)c1ccc(C(N)=C(C#N)C#N)cc1. The molecule has 3 nitrogen and oxygen atoms in total. The number of nitrogens with two attached hydrogens (primary N) is 1. The van der Waals surface area contributed by atoms with E-state index in [1.807, 2.05) is 24.3 Å². The van der Waals surface area contributed by atoms with Crippen molar-refractivity contribution in [1.82, 2.24) is 0 Å². The lowest BCUT2D eigenvalue weighted by molar-refractivity contribution is 0.590. The molecular weight excluding hydrogens is 210 g/mol. The fourth-order valence-corrected chi connectivity index (χ4v) is 1.44. The molecule has 1 aromatic carbocycles. The first-order valence-electron chi connectivity index (χ1n) is 5.31. The predicted molar refractivity (Wildman–Crippen MR) is 67.5 cm³/mol. The van der Waals surface area contributed by atoms with E-state index >= 15 is 0 Å². The zero-order chi connectivity index (χ0) is 13.1. The lowest BCUT2D eigenvalue weighted by Gasteiger charge is -2.19. The highest BCUT2D eigenvalue weighted by Gasteiger charge is 2.13. The van der Waals surface area contributed by atoms with E-state index in [1.165, 1.54) is 5.56 Å². The number of nitriles is 2. The van der Waals surface area contributed by atoms with Crippen LogP contribution in [0.25, 0.3) is 5.70 Å². The molecule has 0 bridgehead atoms. The summed E-state index contributed by atoms with van der Waals surface area (Å²) in [5, 5.41) is 17.5. The van der Waals surface area contributed by atoms with Gasteiger partial charge in [0, 0.05) is 0 Å². The Hall–Kier alpha value is -2.26. The minimum Gasteiger partial charge on any atom is -0.397 e. The summed E-state index contributed by atoms with van der Waals surface area (Å²) in [5.41, 5.74) is 7.90. The van der Waals surface area contributed by atoms with Crippen molar-refractivity contribution in [2.45, 2.75) is 26.2 Å². The molecule has 17 heavy (non-hydrogen) atoms. The summed E-state index contributed by atoms with van der Waals surface area (Å²) in [6, 6.07) is 11.2. The summed E-state index contributed by atoms with van der Waals surface area (Å²) in [5.74, 6) is 0. The number of hydrogen-bond donors (Lipinski definition) is 1. The first kappa shape index (κ1) is 12.8. The molecular formula is C14H15N3. The molecule has 0 spiro atoms. The van der Waals surface area contributed by atoms with E-state index in [9.17, 15) is 0 Å². The second kappa shape index (κ2) is 4.72. The topological polar surface area (TPSA) is 73.6 Å². The molecule has 1 rings (SSSR count). The Bertz CT molecular complexity index is 501. The molecule has 0 saturated carbocycles. The third kappa shape index (κ3) is 2.86. The van der Waals surface area contributed by atoms with Crippen LogP contribution in [0.3, 0.4) is 0 Å². The molecule has 2 N–H and O–H groups in total. The van der Waals surface area contributed by atoms with Gasteiger partial charge >= 0.3 is 0 Å². The number of nitrogens with zero attached hydrogens (tertiary/aromatic N) is 2. The molecule has 0 amide bonds. The summed E-state index contributed by atoms with van der Waals surface area (Å²) in [6.07, 6.45) is 0. The Morgan fingerprint density at radius 1 is 1.06 bits per heavy atom. The van der Waals surface area contributed by atoms with Crippen LogP contribution in [-0.2, 0) is 5.41 Å². The molecule has 3 heteroatoms. The quantitative estimate of drug-likeness (QED) is 0.747. The Morgan fingerprint density at radius 3 is 1.88 bits per heavy atom. The van der Waals surface area contributed by atoms with Gasteiger partial charge in [0.15, 0.2) is 5.57 Å². The minimum atomic E-state index is -0.0477. The van der Waals surface area contributed by atoms with E-state index in [0.29, 0.717) is 5.56 Å². The number of benzene rings is 1. The normalized spacial score (nSPS) is 10.2. The van der Waals surface area contributed by atoms with Gasteiger partial charge in [-0.05, 0) is 16.5 Å². The Kier molecular flexibility index (Phi) is 3.55. The number of rotatable bonds is 1. The third-order valence-electron chi connectivity index (χ3n) is 2.55. The van der Waals surface area contributed by atoms with Crippen LogP contribution < -0.4 is 5.73 Å². The maximum Gasteiger partial charge on any atom is 0.153 e. The molecule has 0 aliphatic carbocycles. The van der Waals surface area contributed by atoms with Crippen LogP contribution in [0.2, 0.25) is 0 Å². The maximum atomic E-state index is 8.73. The van der Waals surface area contributed by atoms with Gasteiger partial charge in [-0.1, -0.05) is 45.0 Å². The molecule has 0 unspecified atom stereocenters. The van der Waals surface area contributed by atoms with Crippen LogP contribution in [0.5, 0.6) is 0 Å². The molecule has 0 aliphatic heterocycles. The highest BCUT2D eigenvalue weighted by atomic mass is 14.6. The first-order valence-corrected chi connectivity index (χ1v) is 5.31. The summed E-state index contributed by atoms with van der Waals surface area (Å²) in [7, 11) is 0. The maximum absolute atomic E-state index is 8.73. The van der Waals surface area contributed by atoms with Gasteiger partial charge in [0.25, 0.3) is 0 Å². The molecule has 86 valence electrons. The summed E-state index contributed by atoms with van der Waals surface area (Å²) in [4.78, 5) is 0. The van der Waals surface area contributed by atoms with Gasteiger partial charge in [-0.2, -0.15) is 10.5 Å². The van der Waals surface area contributed by atoms with Crippen LogP contribution in [0.4, 0.5) is 0 Å². The Morgan fingerprint density at radius 2 is 1.53 bits per heavy atom. The molecule has 0 heterocycles. The van der Waals surface area contributed by atoms with Crippen molar-refractivity contribution in [3.8, 4) is 12.1 Å². The van der Waals surface area contributed by atoms with Crippen molar-refractivity contribution in [3.63, 3.8) is 0 Å². The minimum absolute atomic E-state index is 0.0477. The molecule has 0 fully saturated rings. The van der Waals surface area contributed by atoms with E-state index in [4.69, 9.17) is 16.3 Å². The molecule has 1 aromatic rings. The molecule has 0 aliphatic rings. The van der Waals surface area contributed by atoms with E-state index in [0.717, 1.165) is 0 Å². The van der Waals surface area contributed by atoms with E-state index < -0.39 is 0 Å². The largest absolute Gasteiger partial charge is 0.397 e. The average Bonchev–Trinajstić information content (AvgIpc) is 2.29. The fraction of sp³-hybridized carbons (Fsp3) is 0.286. The van der Waals surface area contributed by atoms with Crippen molar-refractivity contribution in [2.75, 3.05) is 0 Å². The van der Waals surface area contributed by atoms with Gasteiger partial charge in [-0.25, -0.2) is 0 Å². The second-order valence-electron chi connectivity index (χ2n) is 4.84. The van der Waals surface area contributed by atoms with Gasteiger partial charge in [0.2, 0.25) is 0 Å². The number of allylic oxidation sites excluding steroid dienone is 1. The van der Waals surface area contributed by atoms with Crippen LogP contribution in [0, 0.1) is 22.7 Å². The second-order valence-corrected chi connectivity index (χ2v) is 4.84. The zero-order valence-electron chi connectivity index (χ0n) is 10.3. The monoisotopic (exact) mass is 225 g/mol. The van der Waals surface area contributed by atoms with E-state index in [2.05, 4.69) is 20.8 Å². The zero-order valence-corrected chi connectivity index (χ0v) is 10.3. The highest BCUT2D eigenvalue weighted by Crippen LogP contribution is 2.23. The summed E-state index contributed by atoms with van der Waals surface area (Å²) in [6.45, 7) is 6.37. The fourth-order valence-electron chi connectivity index (χ4n) is 1.44. The average molecular weight is 225 g/mol. The van der Waals surface area contributed by atoms with Crippen molar-refractivity contribution < 1.29 is 0 Å². The lowest BCUT2D eigenvalue weighted by Crippen LogP contribution is -2.11. The van der Waals surface area contributed by atoms with Crippen molar-refractivity contribution >= 4 is 5.70 Å². The Labute approximate surface area is 102 Å². The van der Waals surface area contributed by atoms with Gasteiger partial charge in [-0.15, -0.1) is 0 Å². The molecule has 0 saturated heterocycles. The third-order valence-corrected chi connectivity index (χ3v) is 2.55. The molecule has 0 aromatic heterocycles. The Balaban J connectivity index is 3.19. The molecule has 0 atom stereocenters. The standard InChI is InChI=1S/C14H15N3/c1-14(2,3)12-6-4-10(5-7-12)13(17)11(8-15)9-16/h4-7H,17H2,1-3H3. The van der Waals surface area contributed by atoms with Crippen molar-refractivity contribution in [3.05, 3.63) is 41.0 Å². The van der Waals surface area contributed by atoms with E-state index in [1.54, 1.807) is 12.1 Å². The van der Waals surface area contributed by atoms with Gasteiger partial charge in [0.05, 0.1) is 5.70 Å². The first-order chi connectivity index (χ1) is 7.90. The smallest absolute Gasteiger partial charge is 0.153 e. The van der Waals surface area contributed by atoms with Crippen LogP contribution in [-0.4, -0.2) is 0 Å². The highest BCUT2D eigenvalue weighted by molar-refractivity contribution is 5.72. The summed E-state index contributed by atoms with van der Waals surface area (Å²) >= 11 is 0. The van der Waals surface area contributed by atoms with Gasteiger partial charge in [0.1, 0.15) is 12.1 Å². The van der Waals surface area contributed by atoms with Crippen LogP contribution >= 0.6 is 0 Å². The van der Waals surface area contributed by atoms with Crippen LogP contribution in [0.1, 0.15) is 31.9 Å². The van der Waals surface area contributed by atoms with Crippen molar-refractivity contribution in [1.29, 1.82) is 10.5 Å². The molecule has 0 radical (unpaired) electrons. The van der Waals surface area contributed by atoms with Gasteiger partial charge in [-0.3, -0.25) is 0 Å². The van der Waals surface area contributed by atoms with Gasteiger partial charge < -0.3 is 5.73 Å².